The van der Waals surface area contributed by atoms with E-state index in [2.05, 4.69) is 0 Å². The molecule has 1 N–H and O–H groups in total. The highest BCUT2D eigenvalue weighted by Crippen LogP contribution is 2.10. The van der Waals surface area contributed by atoms with Crippen molar-refractivity contribution in [2.75, 3.05) is 17.9 Å². The third kappa shape index (κ3) is 6.59. The van der Waals surface area contributed by atoms with E-state index in [0.29, 0.717) is 0 Å². The summed E-state index contributed by atoms with van der Waals surface area (Å²) in [7, 11) is -7.67. The zero-order chi connectivity index (χ0) is 13.9. The highest BCUT2D eigenvalue weighted by Gasteiger charge is 2.28. The van der Waals surface area contributed by atoms with Crippen LogP contribution in [0.5, 0.6) is 0 Å². The van der Waals surface area contributed by atoms with Crippen LogP contribution in [-0.2, 0) is 24.7 Å². The van der Waals surface area contributed by atoms with E-state index in [-0.39, 0.29) is 13.0 Å². The first-order chi connectivity index (χ1) is 7.46. The molecule has 0 rings (SSSR count). The first-order valence-corrected chi connectivity index (χ1v) is 8.51. The van der Waals surface area contributed by atoms with Gasteiger partial charge in [0, 0.05) is 18.8 Å². The molecule has 0 aromatic carbocycles. The highest BCUT2D eigenvalue weighted by molar-refractivity contribution is 8.06. The number of rotatable bonds is 7. The smallest absolute Gasteiger partial charge is 0.304 e. The number of carbonyl (C=O) groups is 1. The van der Waals surface area contributed by atoms with Crippen molar-refractivity contribution in [2.45, 2.75) is 26.3 Å². The fourth-order valence-corrected chi connectivity index (χ4v) is 4.98. The van der Waals surface area contributed by atoms with Crippen molar-refractivity contribution < 1.29 is 26.7 Å². The van der Waals surface area contributed by atoms with Gasteiger partial charge in [-0.15, -0.1) is 0 Å². The lowest BCUT2D eigenvalue weighted by atomic mass is 10.3. The van der Waals surface area contributed by atoms with E-state index in [0.717, 1.165) is 10.6 Å². The van der Waals surface area contributed by atoms with Gasteiger partial charge in [-0.2, -0.15) is 4.31 Å². The Morgan fingerprint density at radius 1 is 1.24 bits per heavy atom. The van der Waals surface area contributed by atoms with Gasteiger partial charge in [-0.1, -0.05) is 0 Å². The summed E-state index contributed by atoms with van der Waals surface area (Å²) in [5, 5.41) is 7.50. The van der Waals surface area contributed by atoms with E-state index in [4.69, 9.17) is 5.11 Å². The maximum absolute atomic E-state index is 11.8. The molecule has 0 aromatic rings. The van der Waals surface area contributed by atoms with E-state index in [1.807, 2.05) is 0 Å². The van der Waals surface area contributed by atoms with Gasteiger partial charge < -0.3 is 5.11 Å². The Hall–Kier alpha value is -0.670. The van der Waals surface area contributed by atoms with E-state index in [1.165, 1.54) is 0 Å². The van der Waals surface area contributed by atoms with Crippen molar-refractivity contribution in [3.63, 3.8) is 0 Å². The zero-order valence-electron chi connectivity index (χ0n) is 9.95. The molecular weight excluding hydrogens is 270 g/mol. The minimum atomic E-state index is -3.99. The first kappa shape index (κ1) is 16.3. The van der Waals surface area contributed by atoms with Crippen LogP contribution in [0.4, 0.5) is 0 Å². The molecule has 102 valence electrons. The number of carboxylic acid groups (broad SMARTS) is 1. The Kier molecular flexibility index (Phi) is 5.56. The molecule has 0 bridgehead atoms. The van der Waals surface area contributed by atoms with Crippen molar-refractivity contribution in [2.24, 2.45) is 0 Å². The average Bonchev–Trinajstić information content (AvgIpc) is 1.96. The number of hydrogen-bond donors (Lipinski definition) is 1. The monoisotopic (exact) mass is 287 g/mol. The molecule has 0 fully saturated rings. The van der Waals surface area contributed by atoms with Crippen molar-refractivity contribution in [1.82, 2.24) is 4.31 Å². The van der Waals surface area contributed by atoms with E-state index in [1.54, 1.807) is 13.8 Å². The molecule has 17 heavy (non-hydrogen) atoms. The maximum atomic E-state index is 11.8. The second-order valence-corrected chi connectivity index (χ2v) is 8.43. The Morgan fingerprint density at radius 2 is 1.71 bits per heavy atom. The minimum absolute atomic E-state index is 0.231. The van der Waals surface area contributed by atoms with Crippen LogP contribution in [0.2, 0.25) is 0 Å². The number of aliphatic carboxylic acids is 1. The third-order valence-corrected chi connectivity index (χ3v) is 6.07. The van der Waals surface area contributed by atoms with Crippen LogP contribution in [-0.4, -0.2) is 56.1 Å². The molecule has 0 radical (unpaired) electrons. The molecule has 9 heteroatoms. The summed E-state index contributed by atoms with van der Waals surface area (Å²) in [4.78, 5) is 10.4. The highest BCUT2D eigenvalue weighted by atomic mass is 32.3. The predicted octanol–water partition coefficient (Wildman–Crippen LogP) is -0.497. The number of sulfonamides is 1. The fourth-order valence-electron chi connectivity index (χ4n) is 1.26. The molecule has 0 amide bonds. The number of hydrogen-bond acceptors (Lipinski definition) is 5. The van der Waals surface area contributed by atoms with Crippen LogP contribution in [0.15, 0.2) is 0 Å². The number of carboxylic acids is 1. The molecular formula is C8H17NO6S2. The summed E-state index contributed by atoms with van der Waals surface area (Å²) in [5.41, 5.74) is 0. The van der Waals surface area contributed by atoms with Gasteiger partial charge in [-0.05, 0) is 13.8 Å². The van der Waals surface area contributed by atoms with Crippen molar-refractivity contribution >= 4 is 25.8 Å². The van der Waals surface area contributed by atoms with Crippen LogP contribution in [0, 0.1) is 0 Å². The molecule has 0 heterocycles. The van der Waals surface area contributed by atoms with Crippen LogP contribution in [0.25, 0.3) is 0 Å². The van der Waals surface area contributed by atoms with Gasteiger partial charge in [-0.25, -0.2) is 16.8 Å². The van der Waals surface area contributed by atoms with Gasteiger partial charge in [0.15, 0.2) is 14.9 Å². The average molecular weight is 287 g/mol. The topological polar surface area (TPSA) is 109 Å². The van der Waals surface area contributed by atoms with Crippen LogP contribution < -0.4 is 0 Å². The summed E-state index contributed by atoms with van der Waals surface area (Å²) in [5.74, 6) is -1.13. The molecule has 7 nitrogen and oxygen atoms in total. The van der Waals surface area contributed by atoms with Gasteiger partial charge in [0.1, 0.15) is 0 Å². The first-order valence-electron chi connectivity index (χ1n) is 4.85. The van der Waals surface area contributed by atoms with Crippen molar-refractivity contribution in [3.05, 3.63) is 0 Å². The second kappa shape index (κ2) is 5.78. The Balaban J connectivity index is 4.99. The van der Waals surface area contributed by atoms with Gasteiger partial charge >= 0.3 is 5.97 Å². The summed E-state index contributed by atoms with van der Waals surface area (Å²) < 4.78 is 46.4. The number of nitrogens with zero attached hydrogens (tertiary/aromatic N) is 1. The molecule has 0 saturated carbocycles. The van der Waals surface area contributed by atoms with Crippen molar-refractivity contribution in [1.29, 1.82) is 0 Å². The lowest BCUT2D eigenvalue weighted by molar-refractivity contribution is -0.137. The normalized spacial score (nSPS) is 13.2. The summed E-state index contributed by atoms with van der Waals surface area (Å²) in [6.07, 6.45) is 0.460. The molecule has 0 aliphatic rings. The standard InChI is InChI=1S/C8H17NO6S2/c1-7(2)9(5-4-8(10)11)17(14,15)6-16(3,12)13/h7H,4-6H2,1-3H3,(H,10,11). The van der Waals surface area contributed by atoms with Crippen LogP contribution in [0.1, 0.15) is 20.3 Å². The quantitative estimate of drug-likeness (QED) is 0.676. The van der Waals surface area contributed by atoms with Gasteiger partial charge in [0.2, 0.25) is 10.0 Å². The fraction of sp³-hybridized carbons (Fsp3) is 0.875. The Morgan fingerprint density at radius 3 is 2.00 bits per heavy atom. The second-order valence-electron chi connectivity index (χ2n) is 4.00. The van der Waals surface area contributed by atoms with Gasteiger partial charge in [0.25, 0.3) is 0 Å². The lowest BCUT2D eigenvalue weighted by Gasteiger charge is -2.24. The van der Waals surface area contributed by atoms with Gasteiger partial charge in [-0.3, -0.25) is 4.79 Å². The molecule has 0 aromatic heterocycles. The molecule has 0 aliphatic heterocycles. The SMILES string of the molecule is CC(C)N(CCC(=O)O)S(=O)(=O)CS(C)(=O)=O. The Bertz CT molecular complexity index is 464. The molecule has 0 atom stereocenters. The largest absolute Gasteiger partial charge is 0.481 e. The predicted molar refractivity (Wildman–Crippen MR) is 62.7 cm³/mol. The summed E-state index contributed by atoms with van der Waals surface area (Å²) in [6, 6.07) is -0.485. The van der Waals surface area contributed by atoms with Crippen molar-refractivity contribution in [3.8, 4) is 0 Å². The molecule has 0 unspecified atom stereocenters. The van der Waals surface area contributed by atoms with Crippen LogP contribution in [0.3, 0.4) is 0 Å². The summed E-state index contributed by atoms with van der Waals surface area (Å²) >= 11 is 0. The molecule has 0 saturated heterocycles. The maximum Gasteiger partial charge on any atom is 0.304 e. The van der Waals surface area contributed by atoms with E-state index in [9.17, 15) is 21.6 Å². The van der Waals surface area contributed by atoms with Crippen LogP contribution >= 0.6 is 0 Å². The minimum Gasteiger partial charge on any atom is -0.481 e. The summed E-state index contributed by atoms with van der Waals surface area (Å²) in [6.45, 7) is 2.88. The zero-order valence-corrected chi connectivity index (χ0v) is 11.6. The molecule has 0 spiro atoms. The molecule has 0 aliphatic carbocycles. The van der Waals surface area contributed by atoms with Gasteiger partial charge in [0.05, 0.1) is 6.42 Å². The lowest BCUT2D eigenvalue weighted by Crippen LogP contribution is -2.41. The Labute approximate surface area is 101 Å². The van der Waals surface area contributed by atoms with E-state index < -0.39 is 37.0 Å². The number of sulfone groups is 1. The third-order valence-electron chi connectivity index (χ3n) is 1.84. The van der Waals surface area contributed by atoms with E-state index >= 15 is 0 Å².